The van der Waals surface area contributed by atoms with Gasteiger partial charge in [0.05, 0.1) is 25.8 Å². The van der Waals surface area contributed by atoms with Crippen LogP contribution in [0.1, 0.15) is 27.8 Å². The largest absolute Gasteiger partial charge is 0.300 e. The van der Waals surface area contributed by atoms with Gasteiger partial charge in [0.2, 0.25) is 0 Å². The van der Waals surface area contributed by atoms with Gasteiger partial charge in [-0.3, -0.25) is 4.84 Å². The number of hydrogen-bond acceptors (Lipinski definition) is 5. The third-order valence-electron chi connectivity index (χ3n) is 4.32. The smallest absolute Gasteiger partial charge is 0.0933 e. The molecule has 3 rings (SSSR count). The minimum Gasteiger partial charge on any atom is -0.300 e. The Hall–Kier alpha value is -1.57. The highest BCUT2D eigenvalue weighted by Crippen LogP contribution is 2.26. The monoisotopic (exact) mass is 481 g/mol. The van der Waals surface area contributed by atoms with E-state index in [1.807, 2.05) is 50.2 Å². The van der Waals surface area contributed by atoms with E-state index in [9.17, 15) is 0 Å². The molecule has 0 aliphatic carbocycles. The van der Waals surface area contributed by atoms with E-state index in [0.29, 0.717) is 16.7 Å². The summed E-state index contributed by atoms with van der Waals surface area (Å²) in [6, 6.07) is 19.6. The highest BCUT2D eigenvalue weighted by atomic mass is 35.5. The zero-order valence-electron chi connectivity index (χ0n) is 18.4. The van der Waals surface area contributed by atoms with E-state index >= 15 is 0 Å². The molecule has 0 aliphatic heterocycles. The standard InChI is InChI=1S/C8H10ClNO.C8H9ClO2S.C8H10/c1-6-2-3-8(9)4-7(6)5-11-10;1-6-3-4-7(9)5-8(6)12-11-10-2;1-7-5-3-4-6-8(7)2/h2-4H,5,10H2,1H3;3-5H,1-2H3;3-6H,1-2H3. The molecule has 31 heavy (non-hydrogen) atoms. The van der Waals surface area contributed by atoms with Crippen LogP contribution in [0.15, 0.2) is 65.6 Å². The Bertz CT molecular complexity index is 917. The summed E-state index contributed by atoms with van der Waals surface area (Å²) < 4.78 is 4.71. The van der Waals surface area contributed by atoms with E-state index in [1.165, 1.54) is 18.2 Å². The minimum atomic E-state index is 0.409. The predicted octanol–water partition coefficient (Wildman–Crippen LogP) is 7.58. The summed E-state index contributed by atoms with van der Waals surface area (Å²) in [7, 11) is 1.47. The topological polar surface area (TPSA) is 53.7 Å². The number of halogens is 2. The Labute approximate surface area is 199 Å². The number of hydrogen-bond donors (Lipinski definition) is 1. The first-order valence-corrected chi connectivity index (χ1v) is 11.0. The van der Waals surface area contributed by atoms with Gasteiger partial charge in [-0.1, -0.05) is 59.6 Å². The first-order chi connectivity index (χ1) is 14.8. The van der Waals surface area contributed by atoms with Crippen molar-refractivity contribution < 1.29 is 14.1 Å². The van der Waals surface area contributed by atoms with Crippen molar-refractivity contribution in [2.45, 2.75) is 39.2 Å². The second-order valence-electron chi connectivity index (χ2n) is 6.69. The second kappa shape index (κ2) is 15.3. The quantitative estimate of drug-likeness (QED) is 0.231. The second-order valence-corrected chi connectivity index (χ2v) is 8.31. The van der Waals surface area contributed by atoms with Gasteiger partial charge < -0.3 is 0 Å². The lowest BCUT2D eigenvalue weighted by atomic mass is 10.1. The lowest BCUT2D eigenvalue weighted by molar-refractivity contribution is -0.160. The average Bonchev–Trinajstić information content (AvgIpc) is 2.75. The molecule has 4 nitrogen and oxygen atoms in total. The molecule has 0 unspecified atom stereocenters. The van der Waals surface area contributed by atoms with Crippen LogP contribution in [0.2, 0.25) is 10.0 Å². The van der Waals surface area contributed by atoms with Crippen LogP contribution in [0.3, 0.4) is 0 Å². The number of aryl methyl sites for hydroxylation is 4. The van der Waals surface area contributed by atoms with Crippen LogP contribution < -0.4 is 5.90 Å². The molecule has 0 saturated carbocycles. The van der Waals surface area contributed by atoms with Crippen molar-refractivity contribution in [1.82, 2.24) is 0 Å². The molecule has 168 valence electrons. The maximum absolute atomic E-state index is 5.79. The van der Waals surface area contributed by atoms with Crippen LogP contribution >= 0.6 is 35.2 Å². The summed E-state index contributed by atoms with van der Waals surface area (Å²) in [6.45, 7) is 8.62. The summed E-state index contributed by atoms with van der Waals surface area (Å²) in [5.74, 6) is 4.94. The van der Waals surface area contributed by atoms with E-state index < -0.39 is 0 Å². The molecule has 3 aromatic carbocycles. The maximum atomic E-state index is 5.79. The van der Waals surface area contributed by atoms with E-state index in [-0.39, 0.29) is 0 Å². The van der Waals surface area contributed by atoms with Gasteiger partial charge in [-0.2, -0.15) is 4.33 Å². The Morgan fingerprint density at radius 2 is 1.32 bits per heavy atom. The van der Waals surface area contributed by atoms with Crippen molar-refractivity contribution >= 4 is 35.2 Å². The summed E-state index contributed by atoms with van der Waals surface area (Å²) in [6.07, 6.45) is 0. The Morgan fingerprint density at radius 1 is 0.774 bits per heavy atom. The zero-order chi connectivity index (χ0) is 23.2. The van der Waals surface area contributed by atoms with Crippen molar-refractivity contribution in [2.75, 3.05) is 7.11 Å². The van der Waals surface area contributed by atoms with Gasteiger partial charge in [-0.05, 0) is 79.8 Å². The zero-order valence-corrected chi connectivity index (χ0v) is 20.8. The van der Waals surface area contributed by atoms with Crippen LogP contribution in [0.25, 0.3) is 0 Å². The number of rotatable bonds is 5. The fourth-order valence-corrected chi connectivity index (χ4v) is 3.23. The lowest BCUT2D eigenvalue weighted by Gasteiger charge is -2.03. The summed E-state index contributed by atoms with van der Waals surface area (Å²) >= 11 is 12.7. The van der Waals surface area contributed by atoms with Crippen molar-refractivity contribution in [1.29, 1.82) is 0 Å². The Balaban J connectivity index is 0.000000237. The van der Waals surface area contributed by atoms with Crippen LogP contribution in [0.5, 0.6) is 0 Å². The first kappa shape index (κ1) is 27.5. The predicted molar refractivity (Wildman–Crippen MR) is 131 cm³/mol. The van der Waals surface area contributed by atoms with Crippen LogP contribution in [0.4, 0.5) is 0 Å². The summed E-state index contributed by atoms with van der Waals surface area (Å²) in [5, 5.41) is 1.41. The van der Waals surface area contributed by atoms with Crippen molar-refractivity contribution in [3.63, 3.8) is 0 Å². The van der Waals surface area contributed by atoms with Crippen molar-refractivity contribution in [3.05, 3.63) is 98.5 Å². The maximum Gasteiger partial charge on any atom is 0.0933 e. The van der Waals surface area contributed by atoms with E-state index in [4.69, 9.17) is 33.4 Å². The molecule has 0 spiro atoms. The molecular weight excluding hydrogens is 453 g/mol. The highest BCUT2D eigenvalue weighted by Gasteiger charge is 2.00. The molecule has 0 saturated heterocycles. The number of nitrogens with two attached hydrogens (primary N) is 1. The SMILES string of the molecule is COOSc1cc(Cl)ccc1C.Cc1ccc(Cl)cc1CON.Cc1ccccc1C. The van der Waals surface area contributed by atoms with E-state index in [2.05, 4.69) is 47.8 Å². The molecule has 0 fully saturated rings. The third-order valence-corrected chi connectivity index (χ3v) is 5.61. The third kappa shape index (κ3) is 11.0. The van der Waals surface area contributed by atoms with Crippen molar-refractivity contribution in [2.24, 2.45) is 5.90 Å². The molecule has 0 atom stereocenters. The summed E-state index contributed by atoms with van der Waals surface area (Å²) in [4.78, 5) is 9.93. The minimum absolute atomic E-state index is 0.409. The number of benzene rings is 3. The van der Waals surface area contributed by atoms with Gasteiger partial charge >= 0.3 is 0 Å². The molecular formula is C24H29Cl2NO3S. The molecule has 0 bridgehead atoms. The highest BCUT2D eigenvalue weighted by molar-refractivity contribution is 7.94. The lowest BCUT2D eigenvalue weighted by Crippen LogP contribution is -2.00. The average molecular weight is 482 g/mol. The van der Waals surface area contributed by atoms with Gasteiger partial charge in [0.1, 0.15) is 0 Å². The normalized spacial score (nSPS) is 9.94. The van der Waals surface area contributed by atoms with Gasteiger partial charge in [0.15, 0.2) is 0 Å². The molecule has 0 aromatic heterocycles. The molecule has 0 heterocycles. The van der Waals surface area contributed by atoms with Gasteiger partial charge in [0, 0.05) is 14.9 Å². The fourth-order valence-electron chi connectivity index (χ4n) is 2.28. The van der Waals surface area contributed by atoms with Crippen LogP contribution in [-0.4, -0.2) is 7.11 Å². The van der Waals surface area contributed by atoms with Gasteiger partial charge in [-0.15, -0.1) is 0 Å². The van der Waals surface area contributed by atoms with Gasteiger partial charge in [0.25, 0.3) is 0 Å². The molecule has 0 radical (unpaired) electrons. The van der Waals surface area contributed by atoms with Crippen LogP contribution in [-0.2, 0) is 20.7 Å². The molecule has 2 N–H and O–H groups in total. The first-order valence-electron chi connectivity index (χ1n) is 9.51. The van der Waals surface area contributed by atoms with Crippen molar-refractivity contribution in [3.8, 4) is 0 Å². The van der Waals surface area contributed by atoms with E-state index in [1.54, 1.807) is 0 Å². The summed E-state index contributed by atoms with van der Waals surface area (Å²) in [5.41, 5.74) is 6.02. The Morgan fingerprint density at radius 3 is 1.84 bits per heavy atom. The Kier molecular flexibility index (Phi) is 13.5. The fraction of sp³-hybridized carbons (Fsp3) is 0.250. The van der Waals surface area contributed by atoms with E-state index in [0.717, 1.165) is 33.6 Å². The molecule has 0 amide bonds. The molecule has 3 aromatic rings. The van der Waals surface area contributed by atoms with Gasteiger partial charge in [-0.25, -0.2) is 10.8 Å². The molecule has 7 heteroatoms. The molecule has 0 aliphatic rings. The van der Waals surface area contributed by atoms with Crippen LogP contribution in [0, 0.1) is 27.7 Å².